The van der Waals surface area contributed by atoms with E-state index in [1.54, 1.807) is 0 Å². The van der Waals surface area contributed by atoms with E-state index in [2.05, 4.69) is 4.89 Å². The van der Waals surface area contributed by atoms with Gasteiger partial charge in [-0.1, -0.05) is 30.3 Å². The molecule has 0 aromatic heterocycles. The SMILES string of the molecule is CC(CCCCOOC(C)(C)c1ccccc1)OO. The van der Waals surface area contributed by atoms with Gasteiger partial charge in [-0.3, -0.25) is 5.26 Å². The molecule has 0 fully saturated rings. The third-order valence-corrected chi connectivity index (χ3v) is 3.00. The summed E-state index contributed by atoms with van der Waals surface area (Å²) in [5, 5.41) is 8.41. The predicted molar refractivity (Wildman–Crippen MR) is 73.5 cm³/mol. The molecule has 0 saturated carbocycles. The number of unbranched alkanes of at least 4 members (excludes halogenated alkanes) is 1. The predicted octanol–water partition coefficient (Wildman–Crippen LogP) is 3.92. The Balaban J connectivity index is 2.18. The van der Waals surface area contributed by atoms with Gasteiger partial charge in [-0.15, -0.1) is 0 Å². The molecular weight excluding hydrogens is 244 g/mol. The summed E-state index contributed by atoms with van der Waals surface area (Å²) in [5.74, 6) is 0. The molecule has 0 aliphatic heterocycles. The van der Waals surface area contributed by atoms with E-state index < -0.39 is 5.60 Å². The van der Waals surface area contributed by atoms with Crippen molar-refractivity contribution in [1.82, 2.24) is 0 Å². The van der Waals surface area contributed by atoms with E-state index in [4.69, 9.17) is 15.0 Å². The Hall–Kier alpha value is -0.940. The van der Waals surface area contributed by atoms with Gasteiger partial charge in [-0.05, 0) is 45.6 Å². The maximum absolute atomic E-state index is 8.41. The molecule has 1 unspecified atom stereocenters. The molecule has 1 N–H and O–H groups in total. The second-order valence-electron chi connectivity index (χ2n) is 5.19. The third kappa shape index (κ3) is 6.16. The third-order valence-electron chi connectivity index (χ3n) is 3.00. The maximum atomic E-state index is 8.41. The molecule has 1 rings (SSSR count). The van der Waals surface area contributed by atoms with Crippen LogP contribution in [0.3, 0.4) is 0 Å². The van der Waals surface area contributed by atoms with Gasteiger partial charge in [0, 0.05) is 0 Å². The van der Waals surface area contributed by atoms with Crippen LogP contribution in [0.5, 0.6) is 0 Å². The molecule has 4 heteroatoms. The quantitative estimate of drug-likeness (QED) is 0.419. The fraction of sp³-hybridized carbons (Fsp3) is 0.600. The Morgan fingerprint density at radius 3 is 2.47 bits per heavy atom. The van der Waals surface area contributed by atoms with Crippen LogP contribution in [0.1, 0.15) is 45.6 Å². The lowest BCUT2D eigenvalue weighted by Gasteiger charge is -2.24. The monoisotopic (exact) mass is 268 g/mol. The van der Waals surface area contributed by atoms with Gasteiger partial charge in [0.05, 0.1) is 12.7 Å². The molecule has 108 valence electrons. The molecule has 1 aromatic carbocycles. The van der Waals surface area contributed by atoms with E-state index in [0.717, 1.165) is 24.8 Å². The van der Waals surface area contributed by atoms with Gasteiger partial charge < -0.3 is 0 Å². The van der Waals surface area contributed by atoms with E-state index in [0.29, 0.717) is 6.61 Å². The molecular formula is C15H24O4. The molecule has 0 aliphatic rings. The van der Waals surface area contributed by atoms with Crippen molar-refractivity contribution < 1.29 is 19.9 Å². The van der Waals surface area contributed by atoms with Crippen molar-refractivity contribution in [3.63, 3.8) is 0 Å². The van der Waals surface area contributed by atoms with Gasteiger partial charge in [0.1, 0.15) is 5.60 Å². The lowest BCUT2D eigenvalue weighted by molar-refractivity contribution is -0.358. The van der Waals surface area contributed by atoms with Crippen LogP contribution in [-0.4, -0.2) is 18.0 Å². The molecule has 19 heavy (non-hydrogen) atoms. The number of rotatable bonds is 9. The van der Waals surface area contributed by atoms with Crippen molar-refractivity contribution in [3.05, 3.63) is 35.9 Å². The Bertz CT molecular complexity index is 337. The van der Waals surface area contributed by atoms with Crippen LogP contribution in [0, 0.1) is 0 Å². The summed E-state index contributed by atoms with van der Waals surface area (Å²) in [6.45, 7) is 6.32. The van der Waals surface area contributed by atoms with Crippen molar-refractivity contribution >= 4 is 0 Å². The first-order valence-electron chi connectivity index (χ1n) is 6.72. The molecule has 0 saturated heterocycles. The lowest BCUT2D eigenvalue weighted by Crippen LogP contribution is -2.22. The second-order valence-corrected chi connectivity index (χ2v) is 5.19. The van der Waals surface area contributed by atoms with Crippen LogP contribution < -0.4 is 0 Å². The fourth-order valence-electron chi connectivity index (χ4n) is 1.72. The van der Waals surface area contributed by atoms with Crippen LogP contribution in [0.4, 0.5) is 0 Å². The first-order valence-corrected chi connectivity index (χ1v) is 6.72. The van der Waals surface area contributed by atoms with Crippen LogP contribution in [0.15, 0.2) is 30.3 Å². The van der Waals surface area contributed by atoms with Gasteiger partial charge in [0.2, 0.25) is 0 Å². The van der Waals surface area contributed by atoms with Crippen molar-refractivity contribution in [2.24, 2.45) is 0 Å². The minimum Gasteiger partial charge on any atom is -0.252 e. The summed E-state index contributed by atoms with van der Waals surface area (Å²) < 4.78 is 0. The van der Waals surface area contributed by atoms with Crippen LogP contribution >= 0.6 is 0 Å². The van der Waals surface area contributed by atoms with E-state index in [9.17, 15) is 0 Å². The highest BCUT2D eigenvalue weighted by molar-refractivity contribution is 5.20. The zero-order chi connectivity index (χ0) is 14.1. The largest absolute Gasteiger partial charge is 0.252 e. The second kappa shape index (κ2) is 8.27. The van der Waals surface area contributed by atoms with E-state index in [1.165, 1.54) is 0 Å². The average Bonchev–Trinajstić information content (AvgIpc) is 2.43. The normalized spacial score (nSPS) is 13.5. The summed E-state index contributed by atoms with van der Waals surface area (Å²) in [6.07, 6.45) is 2.49. The highest BCUT2D eigenvalue weighted by Gasteiger charge is 2.22. The van der Waals surface area contributed by atoms with E-state index >= 15 is 0 Å². The minimum absolute atomic E-state index is 0.123. The van der Waals surface area contributed by atoms with Crippen LogP contribution in [0.25, 0.3) is 0 Å². The zero-order valence-corrected chi connectivity index (χ0v) is 12.0. The first-order chi connectivity index (χ1) is 9.06. The van der Waals surface area contributed by atoms with Crippen molar-refractivity contribution in [3.8, 4) is 0 Å². The first kappa shape index (κ1) is 16.1. The molecule has 4 nitrogen and oxygen atoms in total. The number of hydrogen-bond donors (Lipinski definition) is 1. The van der Waals surface area contributed by atoms with Crippen LogP contribution in [0.2, 0.25) is 0 Å². The molecule has 0 amide bonds. The molecule has 1 atom stereocenters. The smallest absolute Gasteiger partial charge is 0.123 e. The number of benzene rings is 1. The van der Waals surface area contributed by atoms with E-state index in [-0.39, 0.29) is 6.10 Å². The van der Waals surface area contributed by atoms with Gasteiger partial charge in [-0.25, -0.2) is 14.7 Å². The Labute approximate surface area is 115 Å². The summed E-state index contributed by atoms with van der Waals surface area (Å²) in [6, 6.07) is 9.98. The summed E-state index contributed by atoms with van der Waals surface area (Å²) >= 11 is 0. The standard InChI is InChI=1S/C15H24O4/c1-13(18-16)9-7-8-12-17-19-15(2,3)14-10-5-4-6-11-14/h4-6,10-11,13,16H,7-9,12H2,1-3H3. The molecule has 0 bridgehead atoms. The highest BCUT2D eigenvalue weighted by Crippen LogP contribution is 2.24. The Morgan fingerprint density at radius 2 is 1.84 bits per heavy atom. The lowest BCUT2D eigenvalue weighted by atomic mass is 9.99. The minimum atomic E-state index is -0.456. The molecule has 1 aromatic rings. The van der Waals surface area contributed by atoms with Gasteiger partial charge in [0.15, 0.2) is 0 Å². The van der Waals surface area contributed by atoms with Gasteiger partial charge >= 0.3 is 0 Å². The summed E-state index contributed by atoms with van der Waals surface area (Å²) in [7, 11) is 0. The summed E-state index contributed by atoms with van der Waals surface area (Å²) in [5.41, 5.74) is 0.625. The topological polar surface area (TPSA) is 47.9 Å². The highest BCUT2D eigenvalue weighted by atomic mass is 17.2. The molecule has 0 heterocycles. The Kier molecular flexibility index (Phi) is 7.02. The van der Waals surface area contributed by atoms with Crippen molar-refractivity contribution in [2.45, 2.75) is 51.7 Å². The molecule has 0 aliphatic carbocycles. The molecule has 0 spiro atoms. The van der Waals surface area contributed by atoms with Gasteiger partial charge in [-0.2, -0.15) is 0 Å². The van der Waals surface area contributed by atoms with Crippen LogP contribution in [-0.2, 0) is 20.3 Å². The van der Waals surface area contributed by atoms with Gasteiger partial charge in [0.25, 0.3) is 0 Å². The zero-order valence-electron chi connectivity index (χ0n) is 12.0. The van der Waals surface area contributed by atoms with E-state index in [1.807, 2.05) is 51.1 Å². The summed E-state index contributed by atoms with van der Waals surface area (Å²) in [4.78, 5) is 14.9. The van der Waals surface area contributed by atoms with Crippen molar-refractivity contribution in [2.75, 3.05) is 6.61 Å². The van der Waals surface area contributed by atoms with Crippen molar-refractivity contribution in [1.29, 1.82) is 0 Å². The average molecular weight is 268 g/mol. The Morgan fingerprint density at radius 1 is 1.16 bits per heavy atom. The fourth-order valence-corrected chi connectivity index (χ4v) is 1.72. The maximum Gasteiger partial charge on any atom is 0.123 e. The number of hydrogen-bond acceptors (Lipinski definition) is 4. The molecule has 0 radical (unpaired) electrons.